The van der Waals surface area contributed by atoms with Gasteiger partial charge in [0.05, 0.1) is 5.69 Å². The second kappa shape index (κ2) is 8.39. The zero-order valence-corrected chi connectivity index (χ0v) is 18.0. The van der Waals surface area contributed by atoms with Crippen LogP contribution < -0.4 is 16.0 Å². The van der Waals surface area contributed by atoms with Crippen LogP contribution in [0.3, 0.4) is 0 Å². The highest BCUT2D eigenvalue weighted by Gasteiger charge is 2.39. The molecule has 9 heteroatoms. The Morgan fingerprint density at radius 3 is 2.81 bits per heavy atom. The molecule has 4 heterocycles. The quantitative estimate of drug-likeness (QED) is 0.616. The first-order valence-corrected chi connectivity index (χ1v) is 11.6. The van der Waals surface area contributed by atoms with Gasteiger partial charge in [-0.05, 0) is 49.5 Å². The van der Waals surface area contributed by atoms with Gasteiger partial charge in [-0.1, -0.05) is 12.1 Å². The number of piperidine rings is 2. The van der Waals surface area contributed by atoms with Crippen molar-refractivity contribution >= 4 is 34.2 Å². The number of aromatic nitrogens is 1. The molecule has 3 amide bonds. The van der Waals surface area contributed by atoms with E-state index in [0.29, 0.717) is 31.0 Å². The molecule has 8 nitrogen and oxygen atoms in total. The lowest BCUT2D eigenvalue weighted by atomic mass is 9.96. The molecule has 3 aliphatic heterocycles. The van der Waals surface area contributed by atoms with Crippen molar-refractivity contribution in [2.45, 2.75) is 50.7 Å². The highest BCUT2D eigenvalue weighted by molar-refractivity contribution is 7.13. The fourth-order valence-corrected chi connectivity index (χ4v) is 5.35. The fourth-order valence-electron chi connectivity index (χ4n) is 4.56. The molecule has 5 rings (SSSR count). The van der Waals surface area contributed by atoms with Crippen LogP contribution in [0.2, 0.25) is 0 Å². The van der Waals surface area contributed by atoms with E-state index >= 15 is 0 Å². The SMILES string of the molecule is O=C1CCC(N2Cc3ccc(CNc4nc(C5CCNCC5)cs4)cc3C2=O)C(=O)N1. The number of anilines is 1. The van der Waals surface area contributed by atoms with Gasteiger partial charge in [0.25, 0.3) is 5.91 Å². The third kappa shape index (κ3) is 4.07. The van der Waals surface area contributed by atoms with Crippen LogP contribution in [0.1, 0.15) is 58.8 Å². The zero-order valence-electron chi connectivity index (χ0n) is 17.1. The predicted octanol–water partition coefficient (Wildman–Crippen LogP) is 1.98. The Balaban J connectivity index is 1.23. The maximum absolute atomic E-state index is 13.0. The van der Waals surface area contributed by atoms with E-state index in [2.05, 4.69) is 21.3 Å². The van der Waals surface area contributed by atoms with Gasteiger partial charge in [-0.15, -0.1) is 11.3 Å². The van der Waals surface area contributed by atoms with E-state index in [1.165, 1.54) is 0 Å². The van der Waals surface area contributed by atoms with Crippen LogP contribution in [-0.2, 0) is 22.7 Å². The molecule has 0 radical (unpaired) electrons. The van der Waals surface area contributed by atoms with Crippen LogP contribution in [0.15, 0.2) is 23.6 Å². The monoisotopic (exact) mass is 439 g/mol. The van der Waals surface area contributed by atoms with Crippen LogP contribution in [0.5, 0.6) is 0 Å². The molecule has 1 aromatic heterocycles. The van der Waals surface area contributed by atoms with E-state index in [0.717, 1.165) is 47.9 Å². The minimum absolute atomic E-state index is 0.145. The zero-order chi connectivity index (χ0) is 21.4. The van der Waals surface area contributed by atoms with Gasteiger partial charge >= 0.3 is 0 Å². The topological polar surface area (TPSA) is 103 Å². The summed E-state index contributed by atoms with van der Waals surface area (Å²) in [7, 11) is 0. The van der Waals surface area contributed by atoms with Crippen molar-refractivity contribution in [1.29, 1.82) is 0 Å². The van der Waals surface area contributed by atoms with Crippen LogP contribution in [-0.4, -0.2) is 46.7 Å². The van der Waals surface area contributed by atoms with Gasteiger partial charge in [0, 0.05) is 36.4 Å². The summed E-state index contributed by atoms with van der Waals surface area (Å²) in [5, 5.41) is 12.1. The molecule has 162 valence electrons. The van der Waals surface area contributed by atoms with E-state index in [-0.39, 0.29) is 24.1 Å². The van der Waals surface area contributed by atoms with Crippen LogP contribution in [0.4, 0.5) is 5.13 Å². The smallest absolute Gasteiger partial charge is 0.255 e. The first-order chi connectivity index (χ1) is 15.1. The summed E-state index contributed by atoms with van der Waals surface area (Å²) in [5.74, 6) is -0.269. The van der Waals surface area contributed by atoms with E-state index in [1.54, 1.807) is 16.2 Å². The minimum Gasteiger partial charge on any atom is -0.357 e. The van der Waals surface area contributed by atoms with Crippen molar-refractivity contribution in [2.24, 2.45) is 0 Å². The first kappa shape index (κ1) is 20.1. The van der Waals surface area contributed by atoms with Crippen molar-refractivity contribution in [2.75, 3.05) is 18.4 Å². The van der Waals surface area contributed by atoms with Crippen LogP contribution >= 0.6 is 11.3 Å². The maximum atomic E-state index is 13.0. The van der Waals surface area contributed by atoms with Crippen molar-refractivity contribution in [3.8, 4) is 0 Å². The fraction of sp³-hybridized carbons (Fsp3) is 0.455. The van der Waals surface area contributed by atoms with E-state index in [1.807, 2.05) is 18.2 Å². The largest absolute Gasteiger partial charge is 0.357 e. The van der Waals surface area contributed by atoms with Crippen molar-refractivity contribution < 1.29 is 14.4 Å². The Bertz CT molecular complexity index is 1030. The lowest BCUT2D eigenvalue weighted by Crippen LogP contribution is -2.52. The number of benzene rings is 1. The summed E-state index contributed by atoms with van der Waals surface area (Å²) in [6.45, 7) is 3.08. The van der Waals surface area contributed by atoms with E-state index in [4.69, 9.17) is 4.98 Å². The number of thiazole rings is 1. The molecule has 1 atom stereocenters. The van der Waals surface area contributed by atoms with Crippen molar-refractivity contribution in [3.63, 3.8) is 0 Å². The molecule has 2 saturated heterocycles. The number of fused-ring (bicyclic) bond motifs is 1. The number of rotatable bonds is 5. The summed E-state index contributed by atoms with van der Waals surface area (Å²) in [6, 6.07) is 5.29. The Hall–Kier alpha value is -2.78. The second-order valence-corrected chi connectivity index (χ2v) is 9.20. The lowest BCUT2D eigenvalue weighted by Gasteiger charge is -2.29. The van der Waals surface area contributed by atoms with Gasteiger partial charge in [-0.3, -0.25) is 19.7 Å². The van der Waals surface area contributed by atoms with E-state index < -0.39 is 6.04 Å². The van der Waals surface area contributed by atoms with Gasteiger partial charge in [-0.2, -0.15) is 0 Å². The number of hydrogen-bond donors (Lipinski definition) is 3. The summed E-state index contributed by atoms with van der Waals surface area (Å²) >= 11 is 1.62. The number of amides is 3. The summed E-state index contributed by atoms with van der Waals surface area (Å²) in [4.78, 5) is 42.9. The number of nitrogens with one attached hydrogen (secondary N) is 3. The number of imide groups is 1. The number of carbonyl (C=O) groups is 3. The normalized spacial score (nSPS) is 21.9. The Morgan fingerprint density at radius 2 is 2.00 bits per heavy atom. The predicted molar refractivity (Wildman–Crippen MR) is 117 cm³/mol. The first-order valence-electron chi connectivity index (χ1n) is 10.7. The van der Waals surface area contributed by atoms with Crippen molar-refractivity contribution in [3.05, 3.63) is 46.0 Å². The highest BCUT2D eigenvalue weighted by atomic mass is 32.1. The molecule has 1 unspecified atom stereocenters. The third-order valence-electron chi connectivity index (χ3n) is 6.32. The number of nitrogens with zero attached hydrogens (tertiary/aromatic N) is 2. The average Bonchev–Trinajstić information content (AvgIpc) is 3.38. The molecule has 0 bridgehead atoms. The summed E-state index contributed by atoms with van der Waals surface area (Å²) in [5.41, 5.74) is 3.72. The molecule has 31 heavy (non-hydrogen) atoms. The lowest BCUT2D eigenvalue weighted by molar-refractivity contribution is -0.136. The molecule has 3 aliphatic rings. The molecule has 1 aromatic carbocycles. The highest BCUT2D eigenvalue weighted by Crippen LogP contribution is 2.30. The Labute approximate surface area is 184 Å². The van der Waals surface area contributed by atoms with Gasteiger partial charge in [-0.25, -0.2) is 4.98 Å². The third-order valence-corrected chi connectivity index (χ3v) is 7.13. The number of hydrogen-bond acceptors (Lipinski definition) is 7. The molecule has 0 saturated carbocycles. The minimum atomic E-state index is -0.581. The van der Waals surface area contributed by atoms with Crippen LogP contribution in [0, 0.1) is 0 Å². The summed E-state index contributed by atoms with van der Waals surface area (Å²) < 4.78 is 0. The van der Waals surface area contributed by atoms with Gasteiger partial charge in [0.15, 0.2) is 5.13 Å². The summed E-state index contributed by atoms with van der Waals surface area (Å²) in [6.07, 6.45) is 2.89. The average molecular weight is 440 g/mol. The second-order valence-electron chi connectivity index (χ2n) is 8.35. The Morgan fingerprint density at radius 1 is 1.16 bits per heavy atom. The Kier molecular flexibility index (Phi) is 5.45. The number of carbonyl (C=O) groups excluding carboxylic acids is 3. The molecule has 2 fully saturated rings. The van der Waals surface area contributed by atoms with Crippen molar-refractivity contribution in [1.82, 2.24) is 20.5 Å². The van der Waals surface area contributed by atoms with Gasteiger partial charge in [0.2, 0.25) is 11.8 Å². The van der Waals surface area contributed by atoms with Crippen LogP contribution in [0.25, 0.3) is 0 Å². The molecule has 2 aromatic rings. The van der Waals surface area contributed by atoms with Gasteiger partial charge in [0.1, 0.15) is 6.04 Å². The molecular weight excluding hydrogens is 414 g/mol. The molecule has 3 N–H and O–H groups in total. The standard InChI is InChI=1S/C22H25N5O3S/c28-19-4-3-18(20(29)26-19)27-11-15-2-1-13(9-16(15)21(27)30)10-24-22-25-17(12-31-22)14-5-7-23-8-6-14/h1-2,9,12,14,18,23H,3-8,10-11H2,(H,24,25)(H,26,28,29). The molecule has 0 spiro atoms. The maximum Gasteiger partial charge on any atom is 0.255 e. The molecule has 0 aliphatic carbocycles. The van der Waals surface area contributed by atoms with E-state index in [9.17, 15) is 14.4 Å². The van der Waals surface area contributed by atoms with Gasteiger partial charge < -0.3 is 15.5 Å². The molecular formula is C22H25N5O3S.